The Bertz CT molecular complexity index is 944. The largest absolute Gasteiger partial charge is 0.361 e. The molecule has 2 aromatic carbocycles. The second-order valence-corrected chi connectivity index (χ2v) is 10.4. The van der Waals surface area contributed by atoms with Gasteiger partial charge >= 0.3 is 0 Å². The molecule has 4 nitrogen and oxygen atoms in total. The van der Waals surface area contributed by atoms with Crippen molar-refractivity contribution in [3.05, 3.63) is 71.8 Å². The van der Waals surface area contributed by atoms with Crippen LogP contribution in [0.5, 0.6) is 0 Å². The van der Waals surface area contributed by atoms with Gasteiger partial charge in [-0.25, -0.2) is 0 Å². The smallest absolute Gasteiger partial charge is 0.136 e. The topological polar surface area (TPSA) is 13.0 Å². The number of thiocarbonyl (C=S) groups is 4. The van der Waals surface area contributed by atoms with Crippen molar-refractivity contribution < 1.29 is 0 Å². The predicted molar refractivity (Wildman–Crippen MR) is 159 cm³/mol. The summed E-state index contributed by atoms with van der Waals surface area (Å²) in [4.78, 5) is 11.6. The van der Waals surface area contributed by atoms with E-state index in [0.717, 1.165) is 45.9 Å². The summed E-state index contributed by atoms with van der Waals surface area (Å²) in [6.45, 7) is 1.87. The zero-order chi connectivity index (χ0) is 24.8. The fourth-order valence-electron chi connectivity index (χ4n) is 4.18. The molecule has 0 saturated carbocycles. The first-order chi connectivity index (χ1) is 16.2. The molecule has 0 aromatic heterocycles. The van der Waals surface area contributed by atoms with Gasteiger partial charge in [-0.2, -0.15) is 0 Å². The molecule has 0 aliphatic carbocycles. The Kier molecular flexibility index (Phi) is 9.47. The van der Waals surface area contributed by atoms with E-state index in [2.05, 4.69) is 68.1 Å². The molecule has 0 N–H and O–H groups in total. The molecule has 0 spiro atoms. The molecule has 8 heteroatoms. The summed E-state index contributed by atoms with van der Waals surface area (Å²) in [5, 5.41) is 0. The van der Waals surface area contributed by atoms with Gasteiger partial charge in [0.2, 0.25) is 0 Å². The van der Waals surface area contributed by atoms with E-state index in [1.807, 2.05) is 40.3 Å². The maximum atomic E-state index is 5.36. The Morgan fingerprint density at radius 1 is 0.559 bits per heavy atom. The van der Waals surface area contributed by atoms with Crippen molar-refractivity contribution in [2.24, 2.45) is 0 Å². The van der Waals surface area contributed by atoms with Crippen molar-refractivity contribution in [1.29, 1.82) is 0 Å². The van der Waals surface area contributed by atoms with Gasteiger partial charge in [0.15, 0.2) is 0 Å². The minimum atomic E-state index is 0.404. The number of benzene rings is 2. The van der Waals surface area contributed by atoms with Gasteiger partial charge in [0.1, 0.15) is 20.0 Å². The molecule has 4 rings (SSSR count). The number of likely N-dealkylation sites (N-methyl/N-ethyl adjacent to an activating group) is 4. The van der Waals surface area contributed by atoms with Crippen LogP contribution in [0.2, 0.25) is 0 Å². The third-order valence-electron chi connectivity index (χ3n) is 6.39. The SMILES string of the molecule is CN1C[C@H](Cc2ccccc2)N(C)C(=S)C1=S.CN1C[C@H](Cc2ccccc2)N(C)C(=S)C1=S. The van der Waals surface area contributed by atoms with Crippen molar-refractivity contribution in [3.8, 4) is 0 Å². The van der Waals surface area contributed by atoms with Crippen LogP contribution >= 0.6 is 48.9 Å². The van der Waals surface area contributed by atoms with Gasteiger partial charge in [0.05, 0.1) is 12.1 Å². The molecular formula is C26H32N4S4. The van der Waals surface area contributed by atoms with Gasteiger partial charge in [-0.1, -0.05) is 110 Å². The molecule has 0 amide bonds. The zero-order valence-corrected chi connectivity index (χ0v) is 23.4. The first-order valence-electron chi connectivity index (χ1n) is 11.3. The summed E-state index contributed by atoms with van der Waals surface area (Å²) in [7, 11) is 8.10. The van der Waals surface area contributed by atoms with E-state index in [0.29, 0.717) is 12.1 Å². The lowest BCUT2D eigenvalue weighted by Gasteiger charge is -2.40. The number of hydrogen-bond donors (Lipinski definition) is 0. The Balaban J connectivity index is 0.000000191. The van der Waals surface area contributed by atoms with Crippen LogP contribution in [0.25, 0.3) is 0 Å². The van der Waals surface area contributed by atoms with Crippen molar-refractivity contribution in [3.63, 3.8) is 0 Å². The first kappa shape index (κ1) is 26.6. The fraction of sp³-hybridized carbons (Fsp3) is 0.385. The Morgan fingerprint density at radius 2 is 0.882 bits per heavy atom. The van der Waals surface area contributed by atoms with Crippen LogP contribution in [0.4, 0.5) is 0 Å². The second-order valence-electron chi connectivity index (χ2n) is 8.89. The molecule has 2 fully saturated rings. The maximum Gasteiger partial charge on any atom is 0.136 e. The van der Waals surface area contributed by atoms with Crippen molar-refractivity contribution in [2.45, 2.75) is 24.9 Å². The third-order valence-corrected chi connectivity index (χ3v) is 8.62. The van der Waals surface area contributed by atoms with Gasteiger partial charge in [-0.05, 0) is 24.0 Å². The van der Waals surface area contributed by atoms with Gasteiger partial charge in [-0.15, -0.1) is 0 Å². The molecule has 2 heterocycles. The van der Waals surface area contributed by atoms with Crippen LogP contribution in [0.15, 0.2) is 60.7 Å². The van der Waals surface area contributed by atoms with E-state index in [-0.39, 0.29) is 0 Å². The quantitative estimate of drug-likeness (QED) is 0.539. The molecule has 0 bridgehead atoms. The summed E-state index contributed by atoms with van der Waals surface area (Å²) < 4.78 is 0. The Morgan fingerprint density at radius 3 is 1.21 bits per heavy atom. The molecule has 2 atom stereocenters. The zero-order valence-electron chi connectivity index (χ0n) is 20.2. The Labute approximate surface area is 225 Å². The summed E-state index contributed by atoms with van der Waals surface area (Å²) in [5.41, 5.74) is 2.68. The van der Waals surface area contributed by atoms with Crippen LogP contribution in [0.1, 0.15) is 11.1 Å². The van der Waals surface area contributed by atoms with Crippen LogP contribution in [-0.4, -0.2) is 92.9 Å². The molecule has 0 radical (unpaired) electrons. The standard InChI is InChI=1S/2C13H16N2S2/c2*1-14-9-11(15(2)13(17)12(14)16)8-10-6-4-3-5-7-10/h2*3-7,11H,8-9H2,1-2H3/t2*11-/m00/s1. The molecule has 180 valence electrons. The average molecular weight is 529 g/mol. The van der Waals surface area contributed by atoms with E-state index in [4.69, 9.17) is 48.9 Å². The lowest BCUT2D eigenvalue weighted by molar-refractivity contribution is 0.288. The van der Waals surface area contributed by atoms with E-state index >= 15 is 0 Å². The van der Waals surface area contributed by atoms with Crippen LogP contribution in [0, 0.1) is 0 Å². The van der Waals surface area contributed by atoms with Gasteiger partial charge in [-0.3, -0.25) is 0 Å². The molecule has 2 aliphatic rings. The van der Waals surface area contributed by atoms with Gasteiger partial charge in [0.25, 0.3) is 0 Å². The molecule has 34 heavy (non-hydrogen) atoms. The third kappa shape index (κ3) is 6.56. The summed E-state index contributed by atoms with van der Waals surface area (Å²) in [5.74, 6) is 0. The van der Waals surface area contributed by atoms with E-state index in [1.165, 1.54) is 11.1 Å². The lowest BCUT2D eigenvalue weighted by Crippen LogP contribution is -2.56. The molecule has 2 aromatic rings. The van der Waals surface area contributed by atoms with Crippen LogP contribution in [0.3, 0.4) is 0 Å². The normalized spacial score (nSPS) is 20.9. The second kappa shape index (κ2) is 12.1. The molecule has 2 aliphatic heterocycles. The lowest BCUT2D eigenvalue weighted by atomic mass is 10.0. The highest BCUT2D eigenvalue weighted by Crippen LogP contribution is 2.17. The minimum Gasteiger partial charge on any atom is -0.361 e. The van der Waals surface area contributed by atoms with Crippen LogP contribution < -0.4 is 0 Å². The maximum absolute atomic E-state index is 5.36. The fourth-order valence-corrected chi connectivity index (χ4v) is 5.23. The van der Waals surface area contributed by atoms with E-state index in [1.54, 1.807) is 0 Å². The highest BCUT2D eigenvalue weighted by molar-refractivity contribution is 7.89. The number of piperazine rings is 2. The van der Waals surface area contributed by atoms with Crippen molar-refractivity contribution in [2.75, 3.05) is 41.3 Å². The predicted octanol–water partition coefficient (Wildman–Crippen LogP) is 4.26. The molecule has 2 saturated heterocycles. The van der Waals surface area contributed by atoms with Crippen molar-refractivity contribution in [1.82, 2.24) is 19.6 Å². The summed E-state index contributed by atoms with van der Waals surface area (Å²) in [6.07, 6.45) is 2.01. The average Bonchev–Trinajstić information content (AvgIpc) is 2.85. The van der Waals surface area contributed by atoms with Crippen molar-refractivity contribution >= 4 is 68.8 Å². The minimum absolute atomic E-state index is 0.404. The Hall–Kier alpha value is -2.00. The van der Waals surface area contributed by atoms with Crippen LogP contribution in [-0.2, 0) is 12.8 Å². The molecule has 0 unspecified atom stereocenters. The first-order valence-corrected chi connectivity index (χ1v) is 12.9. The number of nitrogens with zero attached hydrogens (tertiary/aromatic N) is 4. The van der Waals surface area contributed by atoms with Gasteiger partial charge in [0, 0.05) is 41.3 Å². The monoisotopic (exact) mass is 528 g/mol. The number of rotatable bonds is 4. The van der Waals surface area contributed by atoms with E-state index < -0.39 is 0 Å². The highest BCUT2D eigenvalue weighted by atomic mass is 32.1. The summed E-state index contributed by atoms with van der Waals surface area (Å²) >= 11 is 21.3. The molecular weight excluding hydrogens is 497 g/mol. The van der Waals surface area contributed by atoms with Gasteiger partial charge < -0.3 is 19.6 Å². The number of hydrogen-bond acceptors (Lipinski definition) is 4. The van der Waals surface area contributed by atoms with E-state index in [9.17, 15) is 0 Å². The summed E-state index contributed by atoms with van der Waals surface area (Å²) in [6, 6.07) is 21.8. The highest BCUT2D eigenvalue weighted by Gasteiger charge is 2.30.